The number of halogens is 1. The van der Waals surface area contributed by atoms with E-state index in [1.54, 1.807) is 4.90 Å². The summed E-state index contributed by atoms with van der Waals surface area (Å²) in [4.78, 5) is 26.8. The summed E-state index contributed by atoms with van der Waals surface area (Å²) in [7, 11) is 0. The SMILES string of the molecule is Cl.NCC1CCCCC1NC(=O)C1CCN(C(=O)COc2ccccc2)CC1. The molecule has 1 heterocycles. The van der Waals surface area contributed by atoms with Crippen molar-refractivity contribution in [3.05, 3.63) is 30.3 Å². The summed E-state index contributed by atoms with van der Waals surface area (Å²) in [6.45, 7) is 1.90. The van der Waals surface area contributed by atoms with Crippen molar-refractivity contribution in [3.63, 3.8) is 0 Å². The van der Waals surface area contributed by atoms with E-state index in [1.165, 1.54) is 6.42 Å². The van der Waals surface area contributed by atoms with Gasteiger partial charge in [0.25, 0.3) is 5.91 Å². The van der Waals surface area contributed by atoms with Crippen molar-refractivity contribution < 1.29 is 14.3 Å². The lowest BCUT2D eigenvalue weighted by atomic mass is 9.84. The summed E-state index contributed by atoms with van der Waals surface area (Å²) in [6, 6.07) is 9.56. The highest BCUT2D eigenvalue weighted by atomic mass is 35.5. The van der Waals surface area contributed by atoms with E-state index in [2.05, 4.69) is 5.32 Å². The number of rotatable bonds is 6. The van der Waals surface area contributed by atoms with Crippen LogP contribution in [0.5, 0.6) is 5.75 Å². The molecule has 1 saturated heterocycles. The largest absolute Gasteiger partial charge is 0.484 e. The number of amides is 2. The molecule has 2 amide bonds. The van der Waals surface area contributed by atoms with Crippen molar-refractivity contribution in [2.75, 3.05) is 26.2 Å². The van der Waals surface area contributed by atoms with Crippen molar-refractivity contribution in [1.29, 1.82) is 0 Å². The third-order valence-corrected chi connectivity index (χ3v) is 5.86. The van der Waals surface area contributed by atoms with Gasteiger partial charge in [-0.15, -0.1) is 12.4 Å². The van der Waals surface area contributed by atoms with Crippen LogP contribution in [0.15, 0.2) is 30.3 Å². The highest BCUT2D eigenvalue weighted by Crippen LogP contribution is 2.25. The number of nitrogens with zero attached hydrogens (tertiary/aromatic N) is 1. The molecule has 1 aliphatic carbocycles. The van der Waals surface area contributed by atoms with E-state index in [9.17, 15) is 9.59 Å². The number of likely N-dealkylation sites (tertiary alicyclic amines) is 1. The molecule has 28 heavy (non-hydrogen) atoms. The number of benzene rings is 1. The number of piperidine rings is 1. The fourth-order valence-corrected chi connectivity index (χ4v) is 4.12. The van der Waals surface area contributed by atoms with Gasteiger partial charge in [0.2, 0.25) is 5.91 Å². The molecule has 6 nitrogen and oxygen atoms in total. The number of hydrogen-bond acceptors (Lipinski definition) is 4. The quantitative estimate of drug-likeness (QED) is 0.755. The van der Waals surface area contributed by atoms with Crippen LogP contribution in [-0.4, -0.2) is 49.0 Å². The Labute approximate surface area is 173 Å². The molecule has 2 unspecified atom stereocenters. The van der Waals surface area contributed by atoms with Crippen molar-refractivity contribution >= 4 is 24.2 Å². The van der Waals surface area contributed by atoms with Crippen LogP contribution >= 0.6 is 12.4 Å². The number of nitrogens with one attached hydrogen (secondary N) is 1. The van der Waals surface area contributed by atoms with Crippen LogP contribution < -0.4 is 15.8 Å². The van der Waals surface area contributed by atoms with Gasteiger partial charge >= 0.3 is 0 Å². The molecule has 1 aliphatic heterocycles. The summed E-state index contributed by atoms with van der Waals surface area (Å²) in [6.07, 6.45) is 5.93. The van der Waals surface area contributed by atoms with Crippen LogP contribution in [0.1, 0.15) is 38.5 Å². The first-order valence-electron chi connectivity index (χ1n) is 10.1. The van der Waals surface area contributed by atoms with Crippen molar-refractivity contribution in [1.82, 2.24) is 10.2 Å². The summed E-state index contributed by atoms with van der Waals surface area (Å²) in [5, 5.41) is 3.23. The maximum Gasteiger partial charge on any atom is 0.260 e. The van der Waals surface area contributed by atoms with E-state index >= 15 is 0 Å². The van der Waals surface area contributed by atoms with Gasteiger partial charge < -0.3 is 20.7 Å². The van der Waals surface area contributed by atoms with Gasteiger partial charge in [-0.1, -0.05) is 31.0 Å². The monoisotopic (exact) mass is 409 g/mol. The molecule has 2 atom stereocenters. The standard InChI is InChI=1S/C21H31N3O3.ClH/c22-14-17-6-4-5-9-19(17)23-21(26)16-10-12-24(13-11-16)20(25)15-27-18-7-2-1-3-8-18;/h1-3,7-8,16-17,19H,4-6,9-15,22H2,(H,23,26);1H. The van der Waals surface area contributed by atoms with Crippen LogP contribution in [0.25, 0.3) is 0 Å². The van der Waals surface area contributed by atoms with Crippen molar-refractivity contribution in [2.24, 2.45) is 17.6 Å². The molecule has 2 aliphatic rings. The van der Waals surface area contributed by atoms with Crippen LogP contribution in [0.2, 0.25) is 0 Å². The van der Waals surface area contributed by atoms with Gasteiger partial charge in [0, 0.05) is 25.0 Å². The van der Waals surface area contributed by atoms with Crippen molar-refractivity contribution in [2.45, 2.75) is 44.6 Å². The topological polar surface area (TPSA) is 84.7 Å². The number of hydrogen-bond donors (Lipinski definition) is 2. The zero-order valence-corrected chi connectivity index (χ0v) is 17.2. The third-order valence-electron chi connectivity index (χ3n) is 5.86. The molecule has 0 bridgehead atoms. The lowest BCUT2D eigenvalue weighted by Gasteiger charge is -2.35. The van der Waals surface area contributed by atoms with Gasteiger partial charge in [-0.05, 0) is 50.3 Å². The van der Waals surface area contributed by atoms with E-state index in [-0.39, 0.29) is 42.8 Å². The Morgan fingerprint density at radius 3 is 2.43 bits per heavy atom. The molecule has 0 aromatic heterocycles. The normalized spacial score (nSPS) is 22.8. The average molecular weight is 410 g/mol. The molecule has 2 fully saturated rings. The second kappa shape index (κ2) is 11.3. The highest BCUT2D eigenvalue weighted by Gasteiger charge is 2.31. The Morgan fingerprint density at radius 1 is 1.07 bits per heavy atom. The summed E-state index contributed by atoms with van der Waals surface area (Å²) in [5.41, 5.74) is 5.86. The molecule has 3 N–H and O–H groups in total. The summed E-state index contributed by atoms with van der Waals surface area (Å²) in [5.74, 6) is 1.20. The first-order valence-corrected chi connectivity index (χ1v) is 10.1. The molecule has 0 spiro atoms. The zero-order chi connectivity index (χ0) is 19.1. The molecular weight excluding hydrogens is 378 g/mol. The first kappa shape index (κ1) is 22.5. The van der Waals surface area contributed by atoms with Gasteiger partial charge in [0.15, 0.2) is 6.61 Å². The summed E-state index contributed by atoms with van der Waals surface area (Å²) >= 11 is 0. The minimum absolute atomic E-state index is 0. The highest BCUT2D eigenvalue weighted by molar-refractivity contribution is 5.85. The predicted molar refractivity (Wildman–Crippen MR) is 111 cm³/mol. The van der Waals surface area contributed by atoms with Crippen molar-refractivity contribution in [3.8, 4) is 5.75 Å². The molecule has 1 aromatic rings. The fourth-order valence-electron chi connectivity index (χ4n) is 4.12. The molecule has 3 rings (SSSR count). The fraction of sp³-hybridized carbons (Fsp3) is 0.619. The Bertz CT molecular complexity index is 621. The van der Waals surface area contributed by atoms with Gasteiger partial charge in [0.1, 0.15) is 5.75 Å². The predicted octanol–water partition coefficient (Wildman–Crippen LogP) is 2.36. The second-order valence-electron chi connectivity index (χ2n) is 7.65. The molecule has 1 aromatic carbocycles. The average Bonchev–Trinajstić information content (AvgIpc) is 2.73. The lowest BCUT2D eigenvalue weighted by molar-refractivity contribution is -0.137. The minimum Gasteiger partial charge on any atom is -0.484 e. The van der Waals surface area contributed by atoms with Crippen LogP contribution in [0.4, 0.5) is 0 Å². The summed E-state index contributed by atoms with van der Waals surface area (Å²) < 4.78 is 5.54. The maximum atomic E-state index is 12.6. The van der Waals surface area contributed by atoms with E-state index in [0.29, 0.717) is 44.1 Å². The lowest BCUT2D eigenvalue weighted by Crippen LogP contribution is -2.49. The van der Waals surface area contributed by atoms with Gasteiger partial charge in [0.05, 0.1) is 0 Å². The molecule has 1 saturated carbocycles. The zero-order valence-electron chi connectivity index (χ0n) is 16.3. The third kappa shape index (κ3) is 6.11. The number of nitrogens with two attached hydrogens (primary N) is 1. The van der Waals surface area contributed by atoms with E-state index < -0.39 is 0 Å². The Hall–Kier alpha value is -1.79. The number of carbonyl (C=O) groups is 2. The van der Waals surface area contributed by atoms with Gasteiger partial charge in [-0.2, -0.15) is 0 Å². The molecule has 7 heteroatoms. The molecule has 156 valence electrons. The van der Waals surface area contributed by atoms with E-state index in [1.807, 2.05) is 30.3 Å². The second-order valence-corrected chi connectivity index (χ2v) is 7.65. The van der Waals surface area contributed by atoms with Crippen LogP contribution in [0, 0.1) is 11.8 Å². The Kier molecular flexibility index (Phi) is 9.06. The van der Waals surface area contributed by atoms with Crippen LogP contribution in [-0.2, 0) is 9.59 Å². The number of para-hydroxylation sites is 1. The minimum atomic E-state index is -0.0202. The number of carbonyl (C=O) groups excluding carboxylic acids is 2. The van der Waals surface area contributed by atoms with Crippen LogP contribution in [0.3, 0.4) is 0 Å². The van der Waals surface area contributed by atoms with Gasteiger partial charge in [-0.3, -0.25) is 9.59 Å². The Morgan fingerprint density at radius 2 is 1.75 bits per heavy atom. The molecular formula is C21H32ClN3O3. The Balaban J connectivity index is 0.00000280. The van der Waals surface area contributed by atoms with E-state index in [0.717, 1.165) is 19.3 Å². The maximum absolute atomic E-state index is 12.6. The molecule has 0 radical (unpaired) electrons. The van der Waals surface area contributed by atoms with E-state index in [4.69, 9.17) is 10.5 Å². The number of ether oxygens (including phenoxy) is 1. The smallest absolute Gasteiger partial charge is 0.260 e. The van der Waals surface area contributed by atoms with Gasteiger partial charge in [-0.25, -0.2) is 0 Å². The first-order chi connectivity index (χ1) is 13.2.